The minimum Gasteiger partial charge on any atom is -0.486 e. The molecule has 39 heavy (non-hydrogen) atoms. The number of ether oxygens (including phenoxy) is 3. The lowest BCUT2D eigenvalue weighted by Gasteiger charge is -2.31. The number of carbonyl (C=O) groups excluding carboxylic acids is 3. The maximum absolute atomic E-state index is 13.3. The van der Waals surface area contributed by atoms with Crippen molar-refractivity contribution >= 4 is 29.9 Å². The molecule has 2 aliphatic heterocycles. The van der Waals surface area contributed by atoms with E-state index in [0.29, 0.717) is 56.0 Å². The number of nitrogens with one attached hydrogen (secondary N) is 1. The molecule has 1 N–H and O–H groups in total. The predicted molar refractivity (Wildman–Crippen MR) is 139 cm³/mol. The number of carbonyl (C=O) groups is 3. The Morgan fingerprint density at radius 3 is 2.90 bits per heavy atom. The lowest BCUT2D eigenvalue weighted by molar-refractivity contribution is -0.143. The number of hydrogen-bond donors (Lipinski definition) is 1. The Morgan fingerprint density at radius 1 is 1.28 bits per heavy atom. The second-order valence-corrected chi connectivity index (χ2v) is 9.73. The summed E-state index contributed by atoms with van der Waals surface area (Å²) in [6.45, 7) is 1.57. The number of anilines is 2. The Bertz CT molecular complexity index is 1310. The first kappa shape index (κ1) is 26.5. The van der Waals surface area contributed by atoms with Gasteiger partial charge in [-0.15, -0.1) is 0 Å². The number of methoxy groups -OCH3 is 1. The third-order valence-electron chi connectivity index (χ3n) is 7.27. The van der Waals surface area contributed by atoms with Crippen LogP contribution < -0.4 is 15.0 Å². The van der Waals surface area contributed by atoms with E-state index in [0.717, 1.165) is 24.8 Å². The number of urea groups is 1. The van der Waals surface area contributed by atoms with Gasteiger partial charge in [-0.1, -0.05) is 0 Å². The molecule has 1 saturated carbocycles. The first-order valence-electron chi connectivity index (χ1n) is 13.0. The molecular formula is C27H30N6O6. The average Bonchev–Trinajstić information content (AvgIpc) is 3.40. The zero-order valence-corrected chi connectivity index (χ0v) is 21.7. The molecule has 0 aromatic carbocycles. The van der Waals surface area contributed by atoms with Crippen molar-refractivity contribution < 1.29 is 28.6 Å². The molecule has 1 aliphatic carbocycles. The number of hydrogen-bond acceptors (Lipinski definition) is 9. The molecule has 12 nitrogen and oxygen atoms in total. The van der Waals surface area contributed by atoms with Crippen molar-refractivity contribution in [1.82, 2.24) is 14.9 Å². The van der Waals surface area contributed by atoms with Gasteiger partial charge in [0.05, 0.1) is 18.9 Å². The van der Waals surface area contributed by atoms with E-state index in [1.54, 1.807) is 18.1 Å². The number of rotatable bonds is 7. The fourth-order valence-corrected chi connectivity index (χ4v) is 5.23. The molecule has 2 atom stereocenters. The van der Waals surface area contributed by atoms with Gasteiger partial charge in [-0.2, -0.15) is 5.26 Å². The van der Waals surface area contributed by atoms with E-state index in [4.69, 9.17) is 14.2 Å². The first-order valence-corrected chi connectivity index (χ1v) is 13.0. The van der Waals surface area contributed by atoms with Crippen LogP contribution in [-0.2, 0) is 27.2 Å². The highest BCUT2D eigenvalue weighted by molar-refractivity contribution is 6.01. The maximum Gasteiger partial charge on any atom is 0.328 e. The number of aldehydes is 1. The third kappa shape index (κ3) is 5.69. The van der Waals surface area contributed by atoms with Gasteiger partial charge in [0.25, 0.3) is 0 Å². The standard InChI is InChI=1S/C27H30N6O6/c1-37-21-5-2-6-22(21)39-23-11-24(29-13-19(23)12-28)31-27(36)33-7-3-4-17-10-18(20(15-34)30-26(17)33)14-32-8-9-38-16-25(32)35/h10-11,13,15,21-22H,2-9,14,16H2,1H3,(H,29,31,36)/t21-,22-/m1/s1. The van der Waals surface area contributed by atoms with Gasteiger partial charge in [-0.25, -0.2) is 14.8 Å². The van der Waals surface area contributed by atoms with Gasteiger partial charge in [0.2, 0.25) is 5.91 Å². The minimum atomic E-state index is -0.463. The van der Waals surface area contributed by atoms with Gasteiger partial charge in [0, 0.05) is 38.4 Å². The van der Waals surface area contributed by atoms with E-state index in [1.807, 2.05) is 6.07 Å². The average molecular weight is 535 g/mol. The summed E-state index contributed by atoms with van der Waals surface area (Å²) >= 11 is 0. The molecule has 2 aromatic rings. The van der Waals surface area contributed by atoms with E-state index in [-0.39, 0.29) is 48.3 Å². The monoisotopic (exact) mass is 534 g/mol. The van der Waals surface area contributed by atoms with Crippen molar-refractivity contribution in [2.75, 3.05) is 43.6 Å². The summed E-state index contributed by atoms with van der Waals surface area (Å²) in [6.07, 6.45) is 5.82. The molecule has 0 spiro atoms. The SMILES string of the molecule is CO[C@@H]1CCC[C@H]1Oc1cc(NC(=O)N2CCCc3cc(CN4CCOCC4=O)c(C=O)nc32)ncc1C#N. The topological polar surface area (TPSA) is 147 Å². The van der Waals surface area contributed by atoms with Crippen LogP contribution in [0.2, 0.25) is 0 Å². The van der Waals surface area contributed by atoms with Crippen LogP contribution in [0.25, 0.3) is 0 Å². The minimum absolute atomic E-state index is 0.0203. The molecule has 3 amide bonds. The predicted octanol–water partition coefficient (Wildman–Crippen LogP) is 2.45. The van der Waals surface area contributed by atoms with Crippen LogP contribution >= 0.6 is 0 Å². The van der Waals surface area contributed by atoms with Crippen LogP contribution in [0.5, 0.6) is 5.75 Å². The number of amides is 3. The summed E-state index contributed by atoms with van der Waals surface area (Å²) in [5.41, 5.74) is 1.91. The highest BCUT2D eigenvalue weighted by Crippen LogP contribution is 2.31. The van der Waals surface area contributed by atoms with Gasteiger partial charge in [0.1, 0.15) is 47.4 Å². The molecule has 5 rings (SSSR count). The third-order valence-corrected chi connectivity index (χ3v) is 7.27. The fourth-order valence-electron chi connectivity index (χ4n) is 5.23. The molecule has 3 aliphatic rings. The lowest BCUT2D eigenvalue weighted by Crippen LogP contribution is -2.42. The molecular weight excluding hydrogens is 504 g/mol. The summed E-state index contributed by atoms with van der Waals surface area (Å²) in [6, 6.07) is 5.02. The van der Waals surface area contributed by atoms with Crippen LogP contribution in [0.3, 0.4) is 0 Å². The van der Waals surface area contributed by atoms with Crippen molar-refractivity contribution in [3.8, 4) is 11.8 Å². The number of aromatic nitrogens is 2. The quantitative estimate of drug-likeness (QED) is 0.529. The Labute approximate surface area is 225 Å². The maximum atomic E-state index is 13.3. The highest BCUT2D eigenvalue weighted by Gasteiger charge is 2.31. The largest absolute Gasteiger partial charge is 0.486 e. The number of nitrogens with zero attached hydrogens (tertiary/aromatic N) is 5. The summed E-state index contributed by atoms with van der Waals surface area (Å²) < 4.78 is 16.8. The van der Waals surface area contributed by atoms with E-state index >= 15 is 0 Å². The van der Waals surface area contributed by atoms with Gasteiger partial charge in [-0.05, 0) is 43.7 Å². The van der Waals surface area contributed by atoms with Gasteiger partial charge < -0.3 is 19.1 Å². The van der Waals surface area contributed by atoms with E-state index in [1.165, 1.54) is 11.1 Å². The van der Waals surface area contributed by atoms with Gasteiger partial charge >= 0.3 is 6.03 Å². The number of aryl methyl sites for hydroxylation is 1. The van der Waals surface area contributed by atoms with Crippen molar-refractivity contribution in [2.24, 2.45) is 0 Å². The van der Waals surface area contributed by atoms with Crippen molar-refractivity contribution in [3.05, 3.63) is 40.7 Å². The molecule has 0 unspecified atom stereocenters. The summed E-state index contributed by atoms with van der Waals surface area (Å²) in [5, 5.41) is 12.3. The van der Waals surface area contributed by atoms with Crippen LogP contribution in [0.15, 0.2) is 18.3 Å². The van der Waals surface area contributed by atoms with Crippen molar-refractivity contribution in [2.45, 2.75) is 50.9 Å². The van der Waals surface area contributed by atoms with Gasteiger partial charge in [0.15, 0.2) is 6.29 Å². The molecule has 1 saturated heterocycles. The number of nitriles is 1. The van der Waals surface area contributed by atoms with E-state index < -0.39 is 6.03 Å². The van der Waals surface area contributed by atoms with Crippen LogP contribution in [0.1, 0.15) is 52.9 Å². The second kappa shape index (κ2) is 11.8. The Balaban J connectivity index is 1.35. The van der Waals surface area contributed by atoms with Crippen LogP contribution in [-0.4, -0.2) is 78.7 Å². The summed E-state index contributed by atoms with van der Waals surface area (Å²) in [5.74, 6) is 0.822. The number of pyridine rings is 2. The van der Waals surface area contributed by atoms with E-state index in [9.17, 15) is 19.6 Å². The highest BCUT2D eigenvalue weighted by atomic mass is 16.5. The summed E-state index contributed by atoms with van der Waals surface area (Å²) in [7, 11) is 1.64. The molecule has 2 fully saturated rings. The lowest BCUT2D eigenvalue weighted by atomic mass is 10.0. The zero-order chi connectivity index (χ0) is 27.4. The number of morpholine rings is 1. The fraction of sp³-hybridized carbons (Fsp3) is 0.481. The van der Waals surface area contributed by atoms with Crippen LogP contribution in [0.4, 0.5) is 16.4 Å². The Morgan fingerprint density at radius 2 is 2.13 bits per heavy atom. The molecule has 2 aromatic heterocycles. The Kier molecular flexibility index (Phi) is 7.99. The normalized spacial score (nSPS) is 20.8. The van der Waals surface area contributed by atoms with Crippen molar-refractivity contribution in [1.29, 1.82) is 5.26 Å². The zero-order valence-electron chi connectivity index (χ0n) is 21.7. The molecule has 0 bridgehead atoms. The summed E-state index contributed by atoms with van der Waals surface area (Å²) in [4.78, 5) is 49.3. The molecule has 204 valence electrons. The molecule has 4 heterocycles. The first-order chi connectivity index (χ1) is 19.0. The molecule has 0 radical (unpaired) electrons. The van der Waals surface area contributed by atoms with Crippen molar-refractivity contribution in [3.63, 3.8) is 0 Å². The molecule has 12 heteroatoms. The Hall–Kier alpha value is -4.08. The van der Waals surface area contributed by atoms with Crippen LogP contribution in [0, 0.1) is 11.3 Å². The number of fused-ring (bicyclic) bond motifs is 1. The second-order valence-electron chi connectivity index (χ2n) is 9.73. The van der Waals surface area contributed by atoms with Gasteiger partial charge in [-0.3, -0.25) is 19.8 Å². The van der Waals surface area contributed by atoms with E-state index in [2.05, 4.69) is 21.4 Å². The smallest absolute Gasteiger partial charge is 0.328 e.